The second kappa shape index (κ2) is 9.33. The van der Waals surface area contributed by atoms with E-state index in [1.807, 2.05) is 29.2 Å². The van der Waals surface area contributed by atoms with Gasteiger partial charge in [0.15, 0.2) is 0 Å². The minimum Gasteiger partial charge on any atom is -0.378 e. The van der Waals surface area contributed by atoms with Crippen LogP contribution in [0.2, 0.25) is 0 Å². The van der Waals surface area contributed by atoms with E-state index in [1.54, 1.807) is 0 Å². The predicted molar refractivity (Wildman–Crippen MR) is 97.0 cm³/mol. The van der Waals surface area contributed by atoms with Gasteiger partial charge >= 0.3 is 0 Å². The first-order chi connectivity index (χ1) is 10.3. The molecule has 2 heterocycles. The summed E-state index contributed by atoms with van der Waals surface area (Å²) in [5.74, 6) is 0.581. The first-order valence-electron chi connectivity index (χ1n) is 7.70. The van der Waals surface area contributed by atoms with Crippen molar-refractivity contribution in [3.63, 3.8) is 0 Å². The smallest absolute Gasteiger partial charge is 0.255 e. The van der Waals surface area contributed by atoms with E-state index in [-0.39, 0.29) is 30.7 Å². The Bertz CT molecular complexity index is 510. The van der Waals surface area contributed by atoms with Gasteiger partial charge in [-0.3, -0.25) is 4.79 Å². The van der Waals surface area contributed by atoms with Crippen LogP contribution in [0.5, 0.6) is 0 Å². The fraction of sp³-hybridized carbons (Fsp3) is 0.562. The summed E-state index contributed by atoms with van der Waals surface area (Å²) >= 11 is 0. The topological polar surface area (TPSA) is 58.8 Å². The van der Waals surface area contributed by atoms with Crippen molar-refractivity contribution in [2.24, 2.45) is 11.7 Å². The number of hydrogen-bond donors (Lipinski definition) is 1. The van der Waals surface area contributed by atoms with Gasteiger partial charge in [-0.2, -0.15) is 0 Å². The summed E-state index contributed by atoms with van der Waals surface area (Å²) in [6, 6.07) is 7.90. The Hall–Kier alpha value is -1.01. The van der Waals surface area contributed by atoms with Crippen molar-refractivity contribution in [3.8, 4) is 0 Å². The van der Waals surface area contributed by atoms with E-state index in [0.29, 0.717) is 12.5 Å². The number of morpholine rings is 1. The number of rotatable bonds is 3. The molecule has 23 heavy (non-hydrogen) atoms. The summed E-state index contributed by atoms with van der Waals surface area (Å²) in [7, 11) is 0. The quantitative estimate of drug-likeness (QED) is 0.891. The zero-order valence-corrected chi connectivity index (χ0v) is 14.8. The second-order valence-corrected chi connectivity index (χ2v) is 5.76. The molecule has 3 rings (SSSR count). The fourth-order valence-corrected chi connectivity index (χ4v) is 3.11. The normalized spacial score (nSPS) is 20.7. The van der Waals surface area contributed by atoms with Gasteiger partial charge in [-0.25, -0.2) is 0 Å². The standard InChI is InChI=1S/C16H23N3O2.2ClH/c17-11-13-5-6-19(12-13)16(20)14-3-1-2-4-15(14)18-7-9-21-10-8-18;;/h1-4,13H,5-12,17H2;2*1H. The van der Waals surface area contributed by atoms with Crippen molar-refractivity contribution in [1.82, 2.24) is 4.90 Å². The van der Waals surface area contributed by atoms with Crippen molar-refractivity contribution in [2.45, 2.75) is 6.42 Å². The first kappa shape index (κ1) is 20.0. The summed E-state index contributed by atoms with van der Waals surface area (Å²) in [6.07, 6.45) is 1.02. The highest BCUT2D eigenvalue weighted by Gasteiger charge is 2.28. The van der Waals surface area contributed by atoms with Crippen LogP contribution in [-0.4, -0.2) is 56.7 Å². The Morgan fingerprint density at radius 1 is 1.17 bits per heavy atom. The number of carbonyl (C=O) groups excluding carboxylic acids is 1. The van der Waals surface area contributed by atoms with Crippen LogP contribution < -0.4 is 10.6 Å². The van der Waals surface area contributed by atoms with Crippen molar-refractivity contribution in [3.05, 3.63) is 29.8 Å². The van der Waals surface area contributed by atoms with E-state index in [9.17, 15) is 4.79 Å². The molecule has 1 aromatic rings. The number of ether oxygens (including phenoxy) is 1. The molecule has 5 nitrogen and oxygen atoms in total. The molecule has 2 aliphatic heterocycles. The predicted octanol–water partition coefficient (Wildman–Crippen LogP) is 1.79. The van der Waals surface area contributed by atoms with Crippen LogP contribution in [0.4, 0.5) is 5.69 Å². The van der Waals surface area contributed by atoms with Crippen LogP contribution in [-0.2, 0) is 4.74 Å². The number of nitrogens with two attached hydrogens (primary N) is 1. The Morgan fingerprint density at radius 2 is 1.87 bits per heavy atom. The van der Waals surface area contributed by atoms with Crippen LogP contribution in [0.25, 0.3) is 0 Å². The number of amides is 1. The largest absolute Gasteiger partial charge is 0.378 e. The maximum atomic E-state index is 12.8. The number of hydrogen-bond acceptors (Lipinski definition) is 4. The minimum absolute atomic E-state index is 0. The zero-order valence-electron chi connectivity index (χ0n) is 13.1. The third-order valence-corrected chi connectivity index (χ3v) is 4.39. The van der Waals surface area contributed by atoms with E-state index in [2.05, 4.69) is 4.90 Å². The highest BCUT2D eigenvalue weighted by molar-refractivity contribution is 6.00. The lowest BCUT2D eigenvalue weighted by atomic mass is 10.1. The maximum absolute atomic E-state index is 12.8. The molecule has 2 aliphatic rings. The van der Waals surface area contributed by atoms with E-state index < -0.39 is 0 Å². The monoisotopic (exact) mass is 361 g/mol. The fourth-order valence-electron chi connectivity index (χ4n) is 3.11. The number of carbonyl (C=O) groups is 1. The van der Waals surface area contributed by atoms with Gasteiger partial charge in [-0.1, -0.05) is 12.1 Å². The summed E-state index contributed by atoms with van der Waals surface area (Å²) < 4.78 is 5.40. The van der Waals surface area contributed by atoms with Crippen LogP contribution in [0.15, 0.2) is 24.3 Å². The number of para-hydroxylation sites is 1. The molecule has 2 N–H and O–H groups in total. The third-order valence-electron chi connectivity index (χ3n) is 4.39. The molecule has 2 fully saturated rings. The first-order valence-corrected chi connectivity index (χ1v) is 7.70. The van der Waals surface area contributed by atoms with Gasteiger partial charge in [0.2, 0.25) is 0 Å². The summed E-state index contributed by atoms with van der Waals surface area (Å²) in [6.45, 7) is 5.40. The highest BCUT2D eigenvalue weighted by Crippen LogP contribution is 2.25. The Morgan fingerprint density at radius 3 is 2.52 bits per heavy atom. The molecule has 0 bridgehead atoms. The molecule has 0 spiro atoms. The molecule has 1 unspecified atom stereocenters. The second-order valence-electron chi connectivity index (χ2n) is 5.76. The van der Waals surface area contributed by atoms with Crippen LogP contribution in [0.3, 0.4) is 0 Å². The average molecular weight is 362 g/mol. The SMILES string of the molecule is Cl.Cl.NCC1CCN(C(=O)c2ccccc2N2CCOCC2)C1. The molecular weight excluding hydrogens is 337 g/mol. The Balaban J connectivity index is 0.00000132. The highest BCUT2D eigenvalue weighted by atomic mass is 35.5. The molecule has 0 radical (unpaired) electrons. The van der Waals surface area contributed by atoms with Gasteiger partial charge in [-0.15, -0.1) is 24.8 Å². The third kappa shape index (κ3) is 4.51. The molecule has 130 valence electrons. The van der Waals surface area contributed by atoms with E-state index in [1.165, 1.54) is 0 Å². The van der Waals surface area contributed by atoms with Crippen LogP contribution in [0, 0.1) is 5.92 Å². The van der Waals surface area contributed by atoms with Gasteiger partial charge in [0.1, 0.15) is 0 Å². The number of benzene rings is 1. The molecule has 0 aromatic heterocycles. The number of anilines is 1. The van der Waals surface area contributed by atoms with Gasteiger partial charge in [0.25, 0.3) is 5.91 Å². The molecule has 1 amide bonds. The zero-order chi connectivity index (χ0) is 14.7. The average Bonchev–Trinajstić information content (AvgIpc) is 3.04. The van der Waals surface area contributed by atoms with Gasteiger partial charge < -0.3 is 20.3 Å². The maximum Gasteiger partial charge on any atom is 0.255 e. The van der Waals surface area contributed by atoms with Crippen LogP contribution in [0.1, 0.15) is 16.8 Å². The summed E-state index contributed by atoms with van der Waals surface area (Å²) in [4.78, 5) is 17.0. The van der Waals surface area contributed by atoms with E-state index in [4.69, 9.17) is 10.5 Å². The lowest BCUT2D eigenvalue weighted by molar-refractivity contribution is 0.0787. The molecule has 1 atom stereocenters. The molecular formula is C16H25Cl2N3O2. The van der Waals surface area contributed by atoms with Gasteiger partial charge in [-0.05, 0) is 31.0 Å². The molecule has 0 saturated carbocycles. The van der Waals surface area contributed by atoms with Crippen molar-refractivity contribution < 1.29 is 9.53 Å². The molecule has 1 aromatic carbocycles. The number of likely N-dealkylation sites (tertiary alicyclic amines) is 1. The van der Waals surface area contributed by atoms with Crippen molar-refractivity contribution in [1.29, 1.82) is 0 Å². The van der Waals surface area contributed by atoms with Crippen LogP contribution >= 0.6 is 24.8 Å². The Kier molecular flexibility index (Phi) is 8.12. The molecule has 7 heteroatoms. The van der Waals surface area contributed by atoms with Crippen molar-refractivity contribution >= 4 is 36.4 Å². The number of halogens is 2. The lowest BCUT2D eigenvalue weighted by Crippen LogP contribution is -2.38. The van der Waals surface area contributed by atoms with Crippen molar-refractivity contribution in [2.75, 3.05) is 50.8 Å². The lowest BCUT2D eigenvalue weighted by Gasteiger charge is -2.31. The molecule has 2 saturated heterocycles. The van der Waals surface area contributed by atoms with Gasteiger partial charge in [0, 0.05) is 31.9 Å². The van der Waals surface area contributed by atoms with Gasteiger partial charge in [0.05, 0.1) is 18.8 Å². The van der Waals surface area contributed by atoms with E-state index in [0.717, 1.165) is 57.1 Å². The minimum atomic E-state index is 0. The summed E-state index contributed by atoms with van der Waals surface area (Å²) in [5, 5.41) is 0. The molecule has 0 aliphatic carbocycles. The number of nitrogens with zero attached hydrogens (tertiary/aromatic N) is 2. The summed E-state index contributed by atoms with van der Waals surface area (Å²) in [5.41, 5.74) is 7.55. The Labute approximate surface area is 150 Å². The van der Waals surface area contributed by atoms with E-state index >= 15 is 0 Å².